The predicted molar refractivity (Wildman–Crippen MR) is 217 cm³/mol. The third-order valence-corrected chi connectivity index (χ3v) is 12.0. The van der Waals surface area contributed by atoms with Crippen molar-refractivity contribution in [2.75, 3.05) is 41.9 Å². The van der Waals surface area contributed by atoms with E-state index in [2.05, 4.69) is 15.6 Å². The first-order valence-corrected chi connectivity index (χ1v) is 20.5. The van der Waals surface area contributed by atoms with E-state index in [1.165, 1.54) is 11.3 Å². The zero-order chi connectivity index (χ0) is 41.0. The van der Waals surface area contributed by atoms with Crippen molar-refractivity contribution in [2.24, 2.45) is 23.5 Å². The van der Waals surface area contributed by atoms with Gasteiger partial charge in [0.25, 0.3) is 0 Å². The number of benzene rings is 1. The molecule has 1 aromatic heterocycles. The van der Waals surface area contributed by atoms with Gasteiger partial charge in [-0.05, 0) is 57.7 Å². The lowest BCUT2D eigenvalue weighted by molar-refractivity contribution is -0.147. The van der Waals surface area contributed by atoms with Crippen LogP contribution in [0.15, 0.2) is 41.9 Å². The Morgan fingerprint density at radius 2 is 1.67 bits per heavy atom. The number of carbonyl (C=O) groups is 4. The zero-order valence-electron chi connectivity index (χ0n) is 34.9. The van der Waals surface area contributed by atoms with Crippen molar-refractivity contribution in [1.82, 2.24) is 30.3 Å². The van der Waals surface area contributed by atoms with Crippen LogP contribution in [0.25, 0.3) is 0 Å². The molecular weight excluding hydrogens is 719 g/mol. The first-order valence-electron chi connectivity index (χ1n) is 19.6. The monoisotopic (exact) mass is 785 g/mol. The summed E-state index contributed by atoms with van der Waals surface area (Å²) in [4.78, 5) is 65.5. The van der Waals surface area contributed by atoms with E-state index in [1.54, 1.807) is 39.3 Å². The molecule has 4 N–H and O–H groups in total. The van der Waals surface area contributed by atoms with Gasteiger partial charge < -0.3 is 35.6 Å². The number of amides is 4. The molecule has 1 aromatic carbocycles. The van der Waals surface area contributed by atoms with E-state index in [0.29, 0.717) is 19.4 Å². The fraction of sp³-hybridized carbons (Fsp3) is 0.683. The summed E-state index contributed by atoms with van der Waals surface area (Å²) < 4.78 is 12.0. The highest BCUT2D eigenvalue weighted by Crippen LogP contribution is 2.30. The molecular formula is C41H67N7O6S. The Morgan fingerprint density at radius 3 is 2.20 bits per heavy atom. The van der Waals surface area contributed by atoms with Crippen molar-refractivity contribution in [3.05, 3.63) is 52.5 Å². The number of likely N-dealkylation sites (N-methyl/N-ethyl adjacent to an activating group) is 2. The SMILES string of the molecule is CCC(C)C(C(CC(=O)N1CCC[C@H]1C(OC)C(C)C(=O)NC(Cc1ccccc1)c1nccs1)OC)N(C)C(=O)C(NC(=O)C(C(C)C)N(C)C)C(C)N. The van der Waals surface area contributed by atoms with Gasteiger partial charge in [-0.15, -0.1) is 11.3 Å². The molecule has 10 atom stereocenters. The quantitative estimate of drug-likeness (QED) is 0.171. The van der Waals surface area contributed by atoms with Crippen molar-refractivity contribution in [2.45, 2.75) is 122 Å². The van der Waals surface area contributed by atoms with E-state index in [4.69, 9.17) is 15.2 Å². The van der Waals surface area contributed by atoms with Gasteiger partial charge in [0.05, 0.1) is 48.7 Å². The maximum absolute atomic E-state index is 14.3. The molecule has 9 unspecified atom stereocenters. The van der Waals surface area contributed by atoms with Crippen LogP contribution < -0.4 is 16.4 Å². The second kappa shape index (κ2) is 21.8. The molecule has 1 aliphatic rings. The number of methoxy groups -OCH3 is 2. The lowest BCUT2D eigenvalue weighted by Crippen LogP contribution is -2.62. The van der Waals surface area contributed by atoms with Gasteiger partial charge >= 0.3 is 0 Å². The number of aromatic nitrogens is 1. The van der Waals surface area contributed by atoms with Crippen molar-refractivity contribution < 1.29 is 28.7 Å². The number of hydrogen-bond donors (Lipinski definition) is 3. The van der Waals surface area contributed by atoms with Crippen LogP contribution in [0, 0.1) is 17.8 Å². The molecule has 13 nitrogen and oxygen atoms in total. The molecule has 0 radical (unpaired) electrons. The average Bonchev–Trinajstić information content (AvgIpc) is 3.87. The molecule has 0 bridgehead atoms. The zero-order valence-corrected chi connectivity index (χ0v) is 35.7. The van der Waals surface area contributed by atoms with Gasteiger partial charge in [-0.3, -0.25) is 24.1 Å². The topological polar surface area (TPSA) is 159 Å². The third-order valence-electron chi connectivity index (χ3n) is 11.2. The lowest BCUT2D eigenvalue weighted by Gasteiger charge is -2.41. The molecule has 3 rings (SSSR count). The second-order valence-electron chi connectivity index (χ2n) is 15.7. The van der Waals surface area contributed by atoms with E-state index in [9.17, 15) is 19.2 Å². The first-order chi connectivity index (χ1) is 26.1. The summed E-state index contributed by atoms with van der Waals surface area (Å²) >= 11 is 1.50. The molecule has 1 aliphatic heterocycles. The summed E-state index contributed by atoms with van der Waals surface area (Å²) in [5, 5.41) is 8.88. The van der Waals surface area contributed by atoms with Crippen molar-refractivity contribution >= 4 is 35.0 Å². The van der Waals surface area contributed by atoms with Crippen LogP contribution in [0.5, 0.6) is 0 Å². The number of hydrogen-bond acceptors (Lipinski definition) is 10. The van der Waals surface area contributed by atoms with Crippen LogP contribution in [0.3, 0.4) is 0 Å². The maximum atomic E-state index is 14.3. The molecule has 1 fully saturated rings. The Bertz CT molecular complexity index is 1490. The Kier molecular flexibility index (Phi) is 18.2. The largest absolute Gasteiger partial charge is 0.379 e. The Balaban J connectivity index is 1.79. The van der Waals surface area contributed by atoms with E-state index in [-0.39, 0.29) is 54.0 Å². The molecule has 308 valence electrons. The van der Waals surface area contributed by atoms with Crippen molar-refractivity contribution in [1.29, 1.82) is 0 Å². The fourth-order valence-electron chi connectivity index (χ4n) is 8.08. The van der Waals surface area contributed by atoms with Gasteiger partial charge in [0.15, 0.2) is 0 Å². The minimum Gasteiger partial charge on any atom is -0.379 e. The van der Waals surface area contributed by atoms with Crippen LogP contribution >= 0.6 is 11.3 Å². The van der Waals surface area contributed by atoms with Crippen LogP contribution in [0.1, 0.15) is 83.8 Å². The molecule has 0 aliphatic carbocycles. The summed E-state index contributed by atoms with van der Waals surface area (Å²) in [6, 6.07) is 6.78. The van der Waals surface area contributed by atoms with Crippen LogP contribution in [-0.2, 0) is 35.1 Å². The number of likely N-dealkylation sites (tertiary alicyclic amines) is 1. The number of rotatable bonds is 21. The Hall–Kier alpha value is -3.43. The summed E-state index contributed by atoms with van der Waals surface area (Å²) in [6.07, 6.45) is 3.33. The van der Waals surface area contributed by atoms with Gasteiger partial charge in [-0.2, -0.15) is 0 Å². The van der Waals surface area contributed by atoms with Crippen LogP contribution in [0.2, 0.25) is 0 Å². The van der Waals surface area contributed by atoms with Gasteiger partial charge in [-0.25, -0.2) is 4.98 Å². The first kappa shape index (κ1) is 46.0. The molecule has 2 aromatic rings. The number of carbonyl (C=O) groups excluding carboxylic acids is 4. The molecule has 2 heterocycles. The standard InChI is InChI=1S/C41H67N7O6S/c1-12-26(4)36(47(9)41(52)34(28(6)42)45-39(51)35(25(2)3)46(7)8)32(53-10)24-33(49)48-21-16-19-31(48)37(54-11)27(5)38(50)44-30(40-43-20-22-55-40)23-29-17-14-13-15-18-29/h13-15,17-18,20,22,25-28,30-32,34-37H,12,16,19,21,23-24,42H2,1-11H3,(H,44,50)(H,45,51)/t26?,27?,28?,30?,31-,32?,34?,35?,36?,37?/m0/s1. The van der Waals surface area contributed by atoms with E-state index >= 15 is 0 Å². The molecule has 55 heavy (non-hydrogen) atoms. The minimum atomic E-state index is -0.973. The normalized spacial score (nSPS) is 19.5. The smallest absolute Gasteiger partial charge is 0.246 e. The minimum absolute atomic E-state index is 0.0119. The summed E-state index contributed by atoms with van der Waals surface area (Å²) in [5.41, 5.74) is 7.42. The van der Waals surface area contributed by atoms with Gasteiger partial charge in [-0.1, -0.05) is 71.4 Å². The highest BCUT2D eigenvalue weighted by atomic mass is 32.1. The Morgan fingerprint density at radius 1 is 1.00 bits per heavy atom. The number of thiazole rings is 1. The lowest BCUT2D eigenvalue weighted by atomic mass is 9.89. The molecule has 4 amide bonds. The van der Waals surface area contributed by atoms with E-state index in [1.807, 2.05) is 94.2 Å². The second-order valence-corrected chi connectivity index (χ2v) is 16.6. The highest BCUT2D eigenvalue weighted by Gasteiger charge is 2.43. The maximum Gasteiger partial charge on any atom is 0.246 e. The molecule has 0 spiro atoms. The summed E-state index contributed by atoms with van der Waals surface area (Å²) in [6.45, 7) is 12.1. The third kappa shape index (κ3) is 12.0. The number of nitrogens with two attached hydrogens (primary N) is 1. The molecule has 0 saturated carbocycles. The van der Waals surface area contributed by atoms with E-state index < -0.39 is 42.3 Å². The van der Waals surface area contributed by atoms with Crippen LogP contribution in [0.4, 0.5) is 0 Å². The average molecular weight is 786 g/mol. The van der Waals surface area contributed by atoms with Crippen molar-refractivity contribution in [3.8, 4) is 0 Å². The molecule has 14 heteroatoms. The number of nitrogens with zero attached hydrogens (tertiary/aromatic N) is 4. The van der Waals surface area contributed by atoms with Gasteiger partial charge in [0, 0.05) is 45.4 Å². The Labute approximate surface area is 333 Å². The predicted octanol–water partition coefficient (Wildman–Crippen LogP) is 3.88. The molecule has 1 saturated heterocycles. The number of nitrogens with one attached hydrogen (secondary N) is 2. The van der Waals surface area contributed by atoms with Crippen LogP contribution in [-0.4, -0.2) is 128 Å². The van der Waals surface area contributed by atoms with Gasteiger partial charge in [0.1, 0.15) is 11.0 Å². The van der Waals surface area contributed by atoms with E-state index in [0.717, 1.165) is 23.4 Å². The number of ether oxygens (including phenoxy) is 2. The summed E-state index contributed by atoms with van der Waals surface area (Å²) in [5.74, 6) is -1.52. The van der Waals surface area contributed by atoms with Gasteiger partial charge in [0.2, 0.25) is 23.6 Å². The van der Waals surface area contributed by atoms with Crippen molar-refractivity contribution in [3.63, 3.8) is 0 Å². The summed E-state index contributed by atoms with van der Waals surface area (Å²) in [7, 11) is 8.51. The highest BCUT2D eigenvalue weighted by molar-refractivity contribution is 7.09. The fourth-order valence-corrected chi connectivity index (χ4v) is 8.76.